The molecule has 13 nitrogen and oxygen atoms in total. The summed E-state index contributed by atoms with van der Waals surface area (Å²) in [7, 11) is 0. The first kappa shape index (κ1) is 32.1. The van der Waals surface area contributed by atoms with Gasteiger partial charge >= 0.3 is 12.3 Å². The van der Waals surface area contributed by atoms with Crippen molar-refractivity contribution in [3.05, 3.63) is 70.7 Å². The Kier molecular flexibility index (Phi) is 8.23. The third kappa shape index (κ3) is 7.11. The molecule has 248 valence electrons. The van der Waals surface area contributed by atoms with Crippen LogP contribution >= 0.6 is 0 Å². The zero-order valence-electron chi connectivity index (χ0n) is 26.0. The fraction of sp³-hybridized carbons (Fsp3) is 0.452. The van der Waals surface area contributed by atoms with Crippen molar-refractivity contribution in [3.63, 3.8) is 0 Å². The van der Waals surface area contributed by atoms with E-state index in [4.69, 9.17) is 9.47 Å². The van der Waals surface area contributed by atoms with Gasteiger partial charge in [0.15, 0.2) is 18.0 Å². The van der Waals surface area contributed by atoms with Crippen LogP contribution in [0.2, 0.25) is 0 Å². The van der Waals surface area contributed by atoms with Crippen LogP contribution in [-0.2, 0) is 17.8 Å². The van der Waals surface area contributed by atoms with E-state index in [1.54, 1.807) is 11.0 Å². The van der Waals surface area contributed by atoms with Gasteiger partial charge in [0.1, 0.15) is 23.7 Å². The number of halogens is 3. The molecule has 1 spiro atoms. The SMILES string of the molecule is CC(C)(C)OC(=O)N1CCN(Cc2nc3ncccc3c(=O)n2-c2cc(C(=O)Cn3nccn3)ccc2OCC(F)(F)F)CC12CC2. The maximum Gasteiger partial charge on any atom is 0.422 e. The summed E-state index contributed by atoms with van der Waals surface area (Å²) in [6, 6.07) is 6.95. The number of aromatic nitrogens is 6. The second-order valence-electron chi connectivity index (χ2n) is 12.7. The van der Waals surface area contributed by atoms with E-state index in [0.29, 0.717) is 19.6 Å². The number of ether oxygens (including phenoxy) is 2. The first-order chi connectivity index (χ1) is 22.2. The number of piperazine rings is 1. The number of rotatable bonds is 8. The van der Waals surface area contributed by atoms with E-state index in [1.165, 1.54) is 52.2 Å². The zero-order chi connectivity index (χ0) is 33.6. The Balaban J connectivity index is 1.40. The van der Waals surface area contributed by atoms with Gasteiger partial charge in [-0.15, -0.1) is 0 Å². The monoisotopic (exact) mass is 654 g/mol. The summed E-state index contributed by atoms with van der Waals surface area (Å²) in [6.45, 7) is 4.93. The fourth-order valence-electron chi connectivity index (χ4n) is 5.68. The van der Waals surface area contributed by atoms with Gasteiger partial charge in [0.2, 0.25) is 0 Å². The van der Waals surface area contributed by atoms with E-state index in [1.807, 2.05) is 25.7 Å². The summed E-state index contributed by atoms with van der Waals surface area (Å²) >= 11 is 0. The molecule has 0 unspecified atom stereocenters. The molecule has 1 aliphatic carbocycles. The number of amides is 1. The highest BCUT2D eigenvalue weighted by atomic mass is 19.4. The molecule has 3 aromatic heterocycles. The number of benzene rings is 1. The lowest BCUT2D eigenvalue weighted by molar-refractivity contribution is -0.153. The number of Topliss-reactive ketones (excluding diaryl/α,β-unsaturated/α-hetero) is 1. The van der Waals surface area contributed by atoms with Gasteiger partial charge in [-0.25, -0.2) is 14.8 Å². The molecule has 0 atom stereocenters. The molecule has 0 N–H and O–H groups in total. The van der Waals surface area contributed by atoms with Crippen LogP contribution in [0.5, 0.6) is 5.75 Å². The van der Waals surface area contributed by atoms with Gasteiger partial charge in [-0.2, -0.15) is 28.2 Å². The van der Waals surface area contributed by atoms with Crippen LogP contribution < -0.4 is 10.3 Å². The number of pyridine rings is 1. The van der Waals surface area contributed by atoms with Crippen LogP contribution in [0.1, 0.15) is 49.8 Å². The minimum atomic E-state index is -4.66. The second kappa shape index (κ2) is 12.1. The highest BCUT2D eigenvalue weighted by Gasteiger charge is 2.54. The number of nitrogens with zero attached hydrogens (tertiary/aromatic N) is 8. The smallest absolute Gasteiger partial charge is 0.422 e. The molecule has 2 fully saturated rings. The molecule has 1 saturated carbocycles. The van der Waals surface area contributed by atoms with Gasteiger partial charge < -0.3 is 9.47 Å². The standard InChI is InChI=1S/C31H33F3N8O5/c1-29(2,3)47-28(45)40-14-13-39(18-30(40)8-9-30)17-25-38-26-21(5-4-10-35-26)27(44)42(25)22-15-20(23(43)16-41-36-11-12-37-41)6-7-24(22)46-19-31(32,33)34/h4-7,10-12,15H,8-9,13-14,16-19H2,1-3H3. The molecule has 1 aliphatic heterocycles. The number of hydrogen-bond acceptors (Lipinski definition) is 10. The molecule has 4 heterocycles. The number of ketones is 1. The summed E-state index contributed by atoms with van der Waals surface area (Å²) in [4.78, 5) is 54.2. The third-order valence-electron chi connectivity index (χ3n) is 7.91. The fourth-order valence-corrected chi connectivity index (χ4v) is 5.68. The third-order valence-corrected chi connectivity index (χ3v) is 7.91. The molecule has 47 heavy (non-hydrogen) atoms. The quantitative estimate of drug-likeness (QED) is 0.258. The largest absolute Gasteiger partial charge is 0.482 e. The average Bonchev–Trinajstić information content (AvgIpc) is 3.54. The van der Waals surface area contributed by atoms with E-state index >= 15 is 0 Å². The lowest BCUT2D eigenvalue weighted by atomic mass is 10.1. The van der Waals surface area contributed by atoms with Crippen LogP contribution in [0.15, 0.2) is 53.7 Å². The topological polar surface area (TPSA) is 138 Å². The molecule has 0 radical (unpaired) electrons. The van der Waals surface area contributed by atoms with Gasteiger partial charge in [0, 0.05) is 31.4 Å². The van der Waals surface area contributed by atoms with Crippen molar-refractivity contribution >= 4 is 22.9 Å². The van der Waals surface area contributed by atoms with E-state index in [0.717, 1.165) is 12.8 Å². The zero-order valence-corrected chi connectivity index (χ0v) is 26.0. The van der Waals surface area contributed by atoms with E-state index < -0.39 is 41.4 Å². The summed E-state index contributed by atoms with van der Waals surface area (Å²) in [5.74, 6) is -0.528. The van der Waals surface area contributed by atoms with Crippen LogP contribution in [0.4, 0.5) is 18.0 Å². The van der Waals surface area contributed by atoms with Crippen molar-refractivity contribution in [2.24, 2.45) is 0 Å². The van der Waals surface area contributed by atoms with Crippen molar-refractivity contribution in [2.45, 2.75) is 64.0 Å². The average molecular weight is 655 g/mol. The Morgan fingerprint density at radius 2 is 1.77 bits per heavy atom. The number of alkyl halides is 3. The van der Waals surface area contributed by atoms with Crippen LogP contribution in [0.3, 0.4) is 0 Å². The Morgan fingerprint density at radius 1 is 1.02 bits per heavy atom. The molecule has 1 amide bonds. The molecule has 1 saturated heterocycles. The van der Waals surface area contributed by atoms with Gasteiger partial charge in [-0.05, 0) is 63.9 Å². The van der Waals surface area contributed by atoms with Crippen molar-refractivity contribution in [3.8, 4) is 11.4 Å². The number of fused-ring (bicyclic) bond motifs is 1. The predicted octanol–water partition coefficient (Wildman–Crippen LogP) is 3.78. The molecule has 16 heteroatoms. The first-order valence-electron chi connectivity index (χ1n) is 15.0. The van der Waals surface area contributed by atoms with Crippen molar-refractivity contribution in [2.75, 3.05) is 26.2 Å². The van der Waals surface area contributed by atoms with Crippen LogP contribution in [0, 0.1) is 0 Å². The molecule has 2 aliphatic rings. The number of hydrogen-bond donors (Lipinski definition) is 0. The number of carbonyl (C=O) groups excluding carboxylic acids is 2. The maximum atomic E-state index is 14.1. The van der Waals surface area contributed by atoms with Gasteiger partial charge in [-0.1, -0.05) is 0 Å². The van der Waals surface area contributed by atoms with Crippen LogP contribution in [0.25, 0.3) is 16.7 Å². The lowest BCUT2D eigenvalue weighted by Crippen LogP contribution is -2.57. The van der Waals surface area contributed by atoms with E-state index in [2.05, 4.69) is 20.2 Å². The van der Waals surface area contributed by atoms with E-state index in [9.17, 15) is 27.6 Å². The van der Waals surface area contributed by atoms with Gasteiger partial charge in [0.25, 0.3) is 5.56 Å². The predicted molar refractivity (Wildman–Crippen MR) is 161 cm³/mol. The minimum Gasteiger partial charge on any atom is -0.482 e. The highest BCUT2D eigenvalue weighted by Crippen LogP contribution is 2.45. The molecule has 6 rings (SSSR count). The molecular weight excluding hydrogens is 621 g/mol. The molecule has 0 bridgehead atoms. The summed E-state index contributed by atoms with van der Waals surface area (Å²) < 4.78 is 51.9. The Morgan fingerprint density at radius 3 is 2.45 bits per heavy atom. The first-order valence-corrected chi connectivity index (χ1v) is 15.0. The van der Waals surface area contributed by atoms with Gasteiger partial charge in [-0.3, -0.25) is 24.0 Å². The molecular formula is C31H33F3N8O5. The highest BCUT2D eigenvalue weighted by molar-refractivity contribution is 5.96. The van der Waals surface area contributed by atoms with Gasteiger partial charge in [0.05, 0.1) is 35.6 Å². The summed E-state index contributed by atoms with van der Waals surface area (Å²) in [5.41, 5.74) is -1.51. The maximum absolute atomic E-state index is 14.1. The van der Waals surface area contributed by atoms with E-state index in [-0.39, 0.29) is 46.9 Å². The Bertz CT molecular complexity index is 1870. The normalized spacial score (nSPS) is 16.4. The summed E-state index contributed by atoms with van der Waals surface area (Å²) in [6.07, 6.45) is 0.794. The summed E-state index contributed by atoms with van der Waals surface area (Å²) in [5, 5.41) is 8.01. The van der Waals surface area contributed by atoms with Crippen molar-refractivity contribution in [1.82, 2.24) is 39.3 Å². The lowest BCUT2D eigenvalue weighted by Gasteiger charge is -2.42. The molecule has 1 aromatic carbocycles. The molecule has 4 aromatic rings. The number of carbonyl (C=O) groups is 2. The van der Waals surface area contributed by atoms with Crippen molar-refractivity contribution < 1.29 is 32.2 Å². The second-order valence-corrected chi connectivity index (χ2v) is 12.7. The Hall–Kier alpha value is -4.86. The van der Waals surface area contributed by atoms with Crippen LogP contribution in [-0.4, -0.2) is 94.8 Å². The Labute approximate surface area is 266 Å². The minimum absolute atomic E-state index is 0.0831. The van der Waals surface area contributed by atoms with Crippen molar-refractivity contribution in [1.29, 1.82) is 0 Å².